The number of allylic oxidation sites excluding steroid dienone is 1. The van der Waals surface area contributed by atoms with Gasteiger partial charge in [-0.1, -0.05) is 84.6 Å². The second-order valence-corrected chi connectivity index (χ2v) is 10.4. The number of carbonyl (C=O) groups is 1. The third-order valence-electron chi connectivity index (χ3n) is 7.10. The molecular formula is C31H28N4O3S. The summed E-state index contributed by atoms with van der Waals surface area (Å²) in [5.41, 5.74) is 5.18. The molecule has 1 saturated carbocycles. The zero-order valence-corrected chi connectivity index (χ0v) is 22.4. The van der Waals surface area contributed by atoms with E-state index in [-0.39, 0.29) is 23.6 Å². The number of methoxy groups -OCH3 is 1. The van der Waals surface area contributed by atoms with Crippen LogP contribution in [0.4, 0.5) is 0 Å². The van der Waals surface area contributed by atoms with E-state index in [9.17, 15) is 4.79 Å². The Balaban J connectivity index is 1.25. The average Bonchev–Trinajstić information content (AvgIpc) is 3.63. The summed E-state index contributed by atoms with van der Waals surface area (Å²) in [5.74, 6) is 1.21. The minimum atomic E-state index is -0.138. The lowest BCUT2D eigenvalue weighted by Crippen LogP contribution is -2.32. The molecule has 0 saturated heterocycles. The number of benzene rings is 3. The van der Waals surface area contributed by atoms with Crippen LogP contribution in [0.5, 0.6) is 5.75 Å². The minimum Gasteiger partial charge on any atom is -0.496 e. The SMILES string of the molecule is COc1ccccc1-c1nnc(SCC(=O)N2N=C3/C(=C/c4ccccc4)CCC[C@H]3[C@@H]2c2ccccc2)o1. The first-order valence-electron chi connectivity index (χ1n) is 13.0. The zero-order valence-electron chi connectivity index (χ0n) is 21.6. The molecule has 0 radical (unpaired) electrons. The Labute approximate surface area is 231 Å². The van der Waals surface area contributed by atoms with E-state index in [0.29, 0.717) is 22.4 Å². The van der Waals surface area contributed by atoms with E-state index in [0.717, 1.165) is 36.1 Å². The Morgan fingerprint density at radius 1 is 1.03 bits per heavy atom. The molecule has 8 heteroatoms. The van der Waals surface area contributed by atoms with Crippen LogP contribution in [0, 0.1) is 5.92 Å². The normalized spacial score (nSPS) is 19.6. The summed E-state index contributed by atoms with van der Waals surface area (Å²) in [6, 6.07) is 27.8. The Morgan fingerprint density at radius 3 is 2.56 bits per heavy atom. The van der Waals surface area contributed by atoms with Gasteiger partial charge in [0.1, 0.15) is 5.75 Å². The lowest BCUT2D eigenvalue weighted by molar-refractivity contribution is -0.130. The lowest BCUT2D eigenvalue weighted by Gasteiger charge is -2.29. The molecule has 0 N–H and O–H groups in total. The average molecular weight is 537 g/mol. The molecular weight excluding hydrogens is 508 g/mol. The molecule has 1 aromatic heterocycles. The summed E-state index contributed by atoms with van der Waals surface area (Å²) >= 11 is 1.22. The number of hydrogen-bond acceptors (Lipinski definition) is 7. The molecule has 2 atom stereocenters. The summed E-state index contributed by atoms with van der Waals surface area (Å²) in [4.78, 5) is 13.7. The number of thioether (sulfide) groups is 1. The smallest absolute Gasteiger partial charge is 0.277 e. The summed E-state index contributed by atoms with van der Waals surface area (Å²) in [6.07, 6.45) is 5.23. The van der Waals surface area contributed by atoms with Crippen LogP contribution >= 0.6 is 11.8 Å². The highest BCUT2D eigenvalue weighted by Crippen LogP contribution is 2.44. The topological polar surface area (TPSA) is 80.8 Å². The predicted octanol–water partition coefficient (Wildman–Crippen LogP) is 6.66. The molecule has 0 unspecified atom stereocenters. The summed E-state index contributed by atoms with van der Waals surface area (Å²) in [6.45, 7) is 0. The highest BCUT2D eigenvalue weighted by atomic mass is 32.2. The molecule has 1 aliphatic carbocycles. The number of hydrazone groups is 1. The van der Waals surface area contributed by atoms with Gasteiger partial charge in [-0.2, -0.15) is 5.10 Å². The Bertz CT molecular complexity index is 1520. The van der Waals surface area contributed by atoms with E-state index in [1.807, 2.05) is 60.7 Å². The van der Waals surface area contributed by atoms with E-state index in [1.165, 1.54) is 17.3 Å². The van der Waals surface area contributed by atoms with Gasteiger partial charge in [0.2, 0.25) is 0 Å². The van der Waals surface area contributed by atoms with Gasteiger partial charge < -0.3 is 9.15 Å². The van der Waals surface area contributed by atoms with Gasteiger partial charge in [0.05, 0.1) is 30.2 Å². The van der Waals surface area contributed by atoms with Crippen LogP contribution < -0.4 is 4.74 Å². The minimum absolute atomic E-state index is 0.0909. The maximum absolute atomic E-state index is 13.7. The van der Waals surface area contributed by atoms with Crippen molar-refractivity contribution in [1.82, 2.24) is 15.2 Å². The number of carbonyl (C=O) groups excluding carboxylic acids is 1. The monoisotopic (exact) mass is 536 g/mol. The second kappa shape index (κ2) is 11.3. The number of nitrogens with zero attached hydrogens (tertiary/aromatic N) is 4. The molecule has 7 nitrogen and oxygen atoms in total. The highest BCUT2D eigenvalue weighted by Gasteiger charge is 2.43. The zero-order chi connectivity index (χ0) is 26.6. The molecule has 0 bridgehead atoms. The number of ether oxygens (including phenoxy) is 1. The van der Waals surface area contributed by atoms with Gasteiger partial charge in [-0.25, -0.2) is 5.01 Å². The first-order valence-corrected chi connectivity index (χ1v) is 14.0. The molecule has 0 spiro atoms. The van der Waals surface area contributed by atoms with Crippen molar-refractivity contribution in [2.45, 2.75) is 30.5 Å². The molecule has 1 amide bonds. The third kappa shape index (κ3) is 5.25. The molecule has 196 valence electrons. The molecule has 2 heterocycles. The number of hydrogen-bond donors (Lipinski definition) is 0. The number of aromatic nitrogens is 2. The van der Waals surface area contributed by atoms with E-state index in [1.54, 1.807) is 12.1 Å². The number of amides is 1. The van der Waals surface area contributed by atoms with Crippen LogP contribution in [-0.2, 0) is 4.79 Å². The van der Waals surface area contributed by atoms with E-state index in [2.05, 4.69) is 40.5 Å². The van der Waals surface area contributed by atoms with E-state index < -0.39 is 0 Å². The molecule has 39 heavy (non-hydrogen) atoms. The highest BCUT2D eigenvalue weighted by molar-refractivity contribution is 7.99. The molecule has 2 aliphatic rings. The lowest BCUT2D eigenvalue weighted by atomic mass is 9.77. The Kier molecular flexibility index (Phi) is 7.27. The maximum atomic E-state index is 13.7. The number of fused-ring (bicyclic) bond motifs is 1. The van der Waals surface area contributed by atoms with Crippen molar-refractivity contribution in [3.63, 3.8) is 0 Å². The molecule has 1 aliphatic heterocycles. The van der Waals surface area contributed by atoms with Crippen LogP contribution in [0.3, 0.4) is 0 Å². The van der Waals surface area contributed by atoms with Crippen LogP contribution in [0.15, 0.2) is 105 Å². The fourth-order valence-electron chi connectivity index (χ4n) is 5.33. The van der Waals surface area contributed by atoms with Crippen molar-refractivity contribution in [2.75, 3.05) is 12.9 Å². The van der Waals surface area contributed by atoms with Gasteiger partial charge in [0.25, 0.3) is 17.0 Å². The van der Waals surface area contributed by atoms with Crippen molar-refractivity contribution in [3.8, 4) is 17.2 Å². The number of para-hydroxylation sites is 1. The van der Waals surface area contributed by atoms with Crippen molar-refractivity contribution in [1.29, 1.82) is 0 Å². The summed E-state index contributed by atoms with van der Waals surface area (Å²) in [5, 5.41) is 15.3. The van der Waals surface area contributed by atoms with Crippen LogP contribution in [-0.4, -0.2) is 39.7 Å². The Hall–Kier alpha value is -4.17. The Morgan fingerprint density at radius 2 is 1.77 bits per heavy atom. The second-order valence-electron chi connectivity index (χ2n) is 9.52. The van der Waals surface area contributed by atoms with Gasteiger partial charge in [0.15, 0.2) is 0 Å². The van der Waals surface area contributed by atoms with Gasteiger partial charge in [0, 0.05) is 5.92 Å². The first-order chi connectivity index (χ1) is 19.2. The predicted molar refractivity (Wildman–Crippen MR) is 152 cm³/mol. The van der Waals surface area contributed by atoms with Gasteiger partial charge in [-0.05, 0) is 54.2 Å². The largest absolute Gasteiger partial charge is 0.496 e. The first kappa shape index (κ1) is 25.1. The van der Waals surface area contributed by atoms with E-state index >= 15 is 0 Å². The molecule has 1 fully saturated rings. The quantitative estimate of drug-likeness (QED) is 0.246. The van der Waals surface area contributed by atoms with Gasteiger partial charge >= 0.3 is 0 Å². The van der Waals surface area contributed by atoms with Crippen LogP contribution in [0.2, 0.25) is 0 Å². The summed E-state index contributed by atoms with van der Waals surface area (Å²) < 4.78 is 11.3. The third-order valence-corrected chi connectivity index (χ3v) is 7.90. The van der Waals surface area contributed by atoms with E-state index in [4.69, 9.17) is 14.3 Å². The fraction of sp³-hybridized carbons (Fsp3) is 0.226. The van der Waals surface area contributed by atoms with Crippen molar-refractivity contribution >= 4 is 29.5 Å². The van der Waals surface area contributed by atoms with Crippen molar-refractivity contribution in [2.24, 2.45) is 11.0 Å². The maximum Gasteiger partial charge on any atom is 0.277 e. The molecule has 3 aromatic carbocycles. The van der Waals surface area contributed by atoms with Gasteiger partial charge in [-0.3, -0.25) is 4.79 Å². The van der Waals surface area contributed by atoms with Crippen LogP contribution in [0.1, 0.15) is 36.4 Å². The van der Waals surface area contributed by atoms with Crippen LogP contribution in [0.25, 0.3) is 17.5 Å². The van der Waals surface area contributed by atoms with Crippen molar-refractivity contribution in [3.05, 3.63) is 102 Å². The standard InChI is InChI=1S/C31H28N4O3S/c1-37-26-18-9-8-16-24(26)30-32-33-31(38-30)39-20-27(36)35-29(22-13-6-3-7-14-22)25-17-10-15-23(28(25)34-35)19-21-11-4-2-5-12-21/h2-9,11-14,16,18-19,25,29H,10,15,17,20H2,1H3/b23-19+/t25-,29+/m1/s1. The molecule has 6 rings (SSSR count). The fourth-order valence-corrected chi connectivity index (χ4v) is 5.94. The summed E-state index contributed by atoms with van der Waals surface area (Å²) in [7, 11) is 1.60. The van der Waals surface area contributed by atoms with Gasteiger partial charge in [-0.15, -0.1) is 10.2 Å². The molecule has 4 aromatic rings. The number of rotatable bonds is 7. The van der Waals surface area contributed by atoms with Crippen molar-refractivity contribution < 1.29 is 13.9 Å².